The van der Waals surface area contributed by atoms with Crippen molar-refractivity contribution in [3.05, 3.63) is 35.4 Å². The molecule has 0 saturated heterocycles. The zero-order chi connectivity index (χ0) is 16.2. The fourth-order valence-corrected chi connectivity index (χ4v) is 3.50. The second-order valence-electron chi connectivity index (χ2n) is 6.06. The monoisotopic (exact) mass is 311 g/mol. The predicted octanol–water partition coefficient (Wildman–Crippen LogP) is 1.66. The molecule has 1 aromatic rings. The van der Waals surface area contributed by atoms with Crippen LogP contribution < -0.4 is 16.0 Å². The molecule has 6 heteroatoms. The topological polar surface area (TPSA) is 53.2 Å². The van der Waals surface area contributed by atoms with Crippen LogP contribution in [0.4, 0.5) is 8.78 Å². The highest BCUT2D eigenvalue weighted by molar-refractivity contribution is 5.48. The van der Waals surface area contributed by atoms with E-state index in [2.05, 4.69) is 16.0 Å². The van der Waals surface area contributed by atoms with E-state index < -0.39 is 17.2 Å². The Labute approximate surface area is 129 Å². The molecule has 122 valence electrons. The largest absolute Gasteiger partial charge is 0.352 e. The Morgan fingerprint density at radius 1 is 1.09 bits per heavy atom. The molecule has 0 spiro atoms. The number of carbonyl (C=O) groups is 1. The lowest BCUT2D eigenvalue weighted by Crippen LogP contribution is -2.58. The van der Waals surface area contributed by atoms with Crippen molar-refractivity contribution in [2.45, 2.75) is 36.8 Å². The van der Waals surface area contributed by atoms with Crippen LogP contribution in [0.15, 0.2) is 18.2 Å². The van der Waals surface area contributed by atoms with Gasteiger partial charge in [-0.25, -0.2) is 8.78 Å². The van der Waals surface area contributed by atoms with Gasteiger partial charge in [-0.2, -0.15) is 0 Å². The Bertz CT molecular complexity index is 508. The second kappa shape index (κ2) is 6.71. The molecular weight excluding hydrogens is 288 g/mol. The van der Waals surface area contributed by atoms with E-state index in [-0.39, 0.29) is 5.54 Å². The molecular formula is C16H23F2N3O. The van der Waals surface area contributed by atoms with E-state index in [1.165, 1.54) is 12.1 Å². The molecule has 22 heavy (non-hydrogen) atoms. The summed E-state index contributed by atoms with van der Waals surface area (Å²) in [6.07, 6.45) is 3.56. The van der Waals surface area contributed by atoms with Gasteiger partial charge in [-0.05, 0) is 57.5 Å². The third-order valence-corrected chi connectivity index (χ3v) is 4.83. The summed E-state index contributed by atoms with van der Waals surface area (Å²) in [6.45, 7) is 0.670. The van der Waals surface area contributed by atoms with Crippen molar-refractivity contribution in [3.8, 4) is 0 Å². The summed E-state index contributed by atoms with van der Waals surface area (Å²) in [4.78, 5) is 10.9. The van der Waals surface area contributed by atoms with E-state index in [1.807, 2.05) is 7.05 Å². The van der Waals surface area contributed by atoms with Crippen molar-refractivity contribution in [1.29, 1.82) is 0 Å². The van der Waals surface area contributed by atoms with Crippen molar-refractivity contribution < 1.29 is 13.6 Å². The lowest BCUT2D eigenvalue weighted by atomic mass is 9.69. The van der Waals surface area contributed by atoms with Crippen molar-refractivity contribution in [2.24, 2.45) is 0 Å². The molecule has 0 aromatic heterocycles. The highest BCUT2D eigenvalue weighted by atomic mass is 19.1. The molecule has 0 unspecified atom stereocenters. The molecule has 0 bridgehead atoms. The predicted molar refractivity (Wildman–Crippen MR) is 81.4 cm³/mol. The maximum Gasteiger partial charge on any atom is 0.207 e. The van der Waals surface area contributed by atoms with Gasteiger partial charge in [-0.1, -0.05) is 0 Å². The lowest BCUT2D eigenvalue weighted by molar-refractivity contribution is -0.111. The zero-order valence-electron chi connectivity index (χ0n) is 13.0. The SMILES string of the molecule is CNCC1(NC=O)CCC(NC)(c2cc(F)cc(F)c2)CC1. The highest BCUT2D eigenvalue weighted by Gasteiger charge is 2.42. The van der Waals surface area contributed by atoms with Crippen LogP contribution in [0.25, 0.3) is 0 Å². The number of nitrogens with one attached hydrogen (secondary N) is 3. The Kier molecular flexibility index (Phi) is 5.13. The molecule has 1 amide bonds. The lowest BCUT2D eigenvalue weighted by Gasteiger charge is -2.46. The average molecular weight is 311 g/mol. The quantitative estimate of drug-likeness (QED) is 0.700. The first kappa shape index (κ1) is 16.8. The summed E-state index contributed by atoms with van der Waals surface area (Å²) >= 11 is 0. The number of hydrogen-bond acceptors (Lipinski definition) is 3. The number of rotatable bonds is 6. The average Bonchev–Trinajstić information content (AvgIpc) is 2.48. The van der Waals surface area contributed by atoms with E-state index in [9.17, 15) is 13.6 Å². The molecule has 1 aliphatic rings. The van der Waals surface area contributed by atoms with Gasteiger partial charge in [0.1, 0.15) is 11.6 Å². The van der Waals surface area contributed by atoms with Crippen LogP contribution in [0.5, 0.6) is 0 Å². The fourth-order valence-electron chi connectivity index (χ4n) is 3.50. The minimum atomic E-state index is -0.567. The second-order valence-corrected chi connectivity index (χ2v) is 6.06. The summed E-state index contributed by atoms with van der Waals surface area (Å²) in [5.74, 6) is -1.13. The molecule has 2 rings (SSSR count). The molecule has 3 N–H and O–H groups in total. The standard InChI is InChI=1S/C16H23F2N3O/c1-19-10-15(21-11-22)3-5-16(20-2,6-4-15)12-7-13(17)9-14(18)8-12/h7-9,11,19-20H,3-6,10H2,1-2H3,(H,21,22). The molecule has 1 aromatic carbocycles. The first-order chi connectivity index (χ1) is 10.5. The third kappa shape index (κ3) is 3.28. The number of hydrogen-bond donors (Lipinski definition) is 3. The van der Waals surface area contributed by atoms with Gasteiger partial charge < -0.3 is 16.0 Å². The Balaban J connectivity index is 2.25. The normalized spacial score (nSPS) is 28.4. The molecule has 0 heterocycles. The third-order valence-electron chi connectivity index (χ3n) is 4.83. The Morgan fingerprint density at radius 3 is 2.14 bits per heavy atom. The zero-order valence-corrected chi connectivity index (χ0v) is 13.0. The van der Waals surface area contributed by atoms with Crippen LogP contribution in [0, 0.1) is 11.6 Å². The van der Waals surface area contributed by atoms with Gasteiger partial charge >= 0.3 is 0 Å². The van der Waals surface area contributed by atoms with Crippen molar-refractivity contribution >= 4 is 6.41 Å². The van der Waals surface area contributed by atoms with E-state index >= 15 is 0 Å². The minimum Gasteiger partial charge on any atom is -0.352 e. The van der Waals surface area contributed by atoms with Crippen LogP contribution >= 0.6 is 0 Å². The van der Waals surface area contributed by atoms with Crippen LogP contribution in [0.2, 0.25) is 0 Å². The number of amides is 1. The van der Waals surface area contributed by atoms with Gasteiger partial charge in [-0.15, -0.1) is 0 Å². The van der Waals surface area contributed by atoms with Gasteiger partial charge in [0.25, 0.3) is 0 Å². The molecule has 1 saturated carbocycles. The summed E-state index contributed by atoms with van der Waals surface area (Å²) < 4.78 is 27.1. The summed E-state index contributed by atoms with van der Waals surface area (Å²) in [6, 6.07) is 3.66. The molecule has 4 nitrogen and oxygen atoms in total. The van der Waals surface area contributed by atoms with Crippen LogP contribution in [-0.4, -0.2) is 32.6 Å². The molecule has 1 fully saturated rings. The van der Waals surface area contributed by atoms with E-state index in [1.54, 1.807) is 7.05 Å². The first-order valence-corrected chi connectivity index (χ1v) is 7.51. The number of benzene rings is 1. The Morgan fingerprint density at radius 2 is 1.68 bits per heavy atom. The minimum absolute atomic E-state index is 0.303. The van der Waals surface area contributed by atoms with Gasteiger partial charge in [0, 0.05) is 18.2 Å². The summed E-state index contributed by atoms with van der Waals surface area (Å²) in [5.41, 5.74) is -0.148. The summed E-state index contributed by atoms with van der Waals surface area (Å²) in [5, 5.41) is 9.26. The number of carbonyl (C=O) groups excluding carboxylic acids is 1. The Hall–Kier alpha value is -1.53. The van der Waals surface area contributed by atoms with Crippen LogP contribution in [-0.2, 0) is 10.3 Å². The number of halogens is 2. The van der Waals surface area contributed by atoms with Gasteiger partial charge in [0.15, 0.2) is 0 Å². The van der Waals surface area contributed by atoms with E-state index in [4.69, 9.17) is 0 Å². The fraction of sp³-hybridized carbons (Fsp3) is 0.562. The maximum atomic E-state index is 13.5. The van der Waals surface area contributed by atoms with Crippen LogP contribution in [0.1, 0.15) is 31.2 Å². The highest BCUT2D eigenvalue weighted by Crippen LogP contribution is 2.41. The van der Waals surface area contributed by atoms with Crippen molar-refractivity contribution in [2.75, 3.05) is 20.6 Å². The molecule has 1 aliphatic carbocycles. The smallest absolute Gasteiger partial charge is 0.207 e. The number of likely N-dealkylation sites (N-methyl/N-ethyl adjacent to an activating group) is 1. The van der Waals surface area contributed by atoms with E-state index in [0.717, 1.165) is 25.3 Å². The molecule has 0 radical (unpaired) electrons. The van der Waals surface area contributed by atoms with Crippen molar-refractivity contribution in [3.63, 3.8) is 0 Å². The van der Waals surface area contributed by atoms with E-state index in [0.29, 0.717) is 24.9 Å². The van der Waals surface area contributed by atoms with Crippen molar-refractivity contribution in [1.82, 2.24) is 16.0 Å². The maximum absolute atomic E-state index is 13.5. The first-order valence-electron chi connectivity index (χ1n) is 7.51. The van der Waals surface area contributed by atoms with Gasteiger partial charge in [-0.3, -0.25) is 4.79 Å². The van der Waals surface area contributed by atoms with Gasteiger partial charge in [0.2, 0.25) is 6.41 Å². The molecule has 0 atom stereocenters. The summed E-state index contributed by atoms with van der Waals surface area (Å²) in [7, 11) is 3.65. The van der Waals surface area contributed by atoms with Crippen LogP contribution in [0.3, 0.4) is 0 Å². The molecule has 0 aliphatic heterocycles. The van der Waals surface area contributed by atoms with Gasteiger partial charge in [0.05, 0.1) is 5.54 Å².